The van der Waals surface area contributed by atoms with Crippen molar-refractivity contribution in [2.24, 2.45) is 5.92 Å². The van der Waals surface area contributed by atoms with E-state index in [1.165, 1.54) is 28.4 Å². The fourth-order valence-electron chi connectivity index (χ4n) is 1.92. The summed E-state index contributed by atoms with van der Waals surface area (Å²) in [7, 11) is 0.870. The van der Waals surface area contributed by atoms with E-state index in [1.807, 2.05) is 0 Å². The molecule has 100 valence electrons. The second kappa shape index (κ2) is 6.73. The normalized spacial score (nSPS) is 11.4. The maximum atomic E-state index is 3.57. The van der Waals surface area contributed by atoms with Crippen LogP contribution in [0.5, 0.6) is 0 Å². The summed E-state index contributed by atoms with van der Waals surface area (Å²) in [4.78, 5) is 0. The molecule has 0 amide bonds. The molecule has 0 saturated carbocycles. The van der Waals surface area contributed by atoms with Crippen molar-refractivity contribution in [1.29, 1.82) is 0 Å². The van der Waals surface area contributed by atoms with Gasteiger partial charge in [-0.1, -0.05) is 58.8 Å². The number of rotatable bonds is 5. The zero-order valence-corrected chi connectivity index (χ0v) is 12.9. The van der Waals surface area contributed by atoms with Crippen molar-refractivity contribution in [2.75, 3.05) is 11.5 Å². The summed E-state index contributed by atoms with van der Waals surface area (Å²) >= 11 is 0. The Bertz CT molecular complexity index is 534. The number of aryl methyl sites for hydroxylation is 1. The average Bonchev–Trinajstić information content (AvgIpc) is 2.40. The minimum absolute atomic E-state index is 0.754. The lowest BCUT2D eigenvalue weighted by Gasteiger charge is -2.14. The SMILES string of the molecule is Cc1ccccc1Nc1ccccc1PCC(C)C. The Balaban J connectivity index is 2.18. The van der Waals surface area contributed by atoms with E-state index in [-0.39, 0.29) is 0 Å². The van der Waals surface area contributed by atoms with Gasteiger partial charge in [0, 0.05) is 11.4 Å². The summed E-state index contributed by atoms with van der Waals surface area (Å²) in [5.41, 5.74) is 3.73. The van der Waals surface area contributed by atoms with Gasteiger partial charge in [0.25, 0.3) is 0 Å². The summed E-state index contributed by atoms with van der Waals surface area (Å²) in [6.07, 6.45) is 1.26. The van der Waals surface area contributed by atoms with Crippen molar-refractivity contribution in [3.63, 3.8) is 0 Å². The monoisotopic (exact) mass is 271 g/mol. The lowest BCUT2D eigenvalue weighted by atomic mass is 10.2. The molecule has 1 N–H and O–H groups in total. The molecule has 1 nitrogen and oxygen atoms in total. The van der Waals surface area contributed by atoms with E-state index in [9.17, 15) is 0 Å². The molecule has 19 heavy (non-hydrogen) atoms. The van der Waals surface area contributed by atoms with Crippen LogP contribution < -0.4 is 10.6 Å². The molecule has 2 aromatic rings. The minimum atomic E-state index is 0.754. The quantitative estimate of drug-likeness (QED) is 0.777. The molecule has 0 bridgehead atoms. The number of para-hydroxylation sites is 2. The maximum Gasteiger partial charge on any atom is 0.0459 e. The van der Waals surface area contributed by atoms with Gasteiger partial charge < -0.3 is 5.32 Å². The zero-order valence-electron chi connectivity index (χ0n) is 11.9. The molecule has 0 aromatic heterocycles. The molecule has 2 heteroatoms. The van der Waals surface area contributed by atoms with Crippen molar-refractivity contribution in [1.82, 2.24) is 0 Å². The van der Waals surface area contributed by atoms with E-state index in [4.69, 9.17) is 0 Å². The van der Waals surface area contributed by atoms with E-state index < -0.39 is 0 Å². The van der Waals surface area contributed by atoms with Gasteiger partial charge in [0.05, 0.1) is 0 Å². The van der Waals surface area contributed by atoms with Crippen LogP contribution in [-0.4, -0.2) is 6.16 Å². The van der Waals surface area contributed by atoms with Crippen molar-refractivity contribution >= 4 is 25.3 Å². The van der Waals surface area contributed by atoms with Crippen LogP contribution in [0.15, 0.2) is 48.5 Å². The molecule has 0 saturated heterocycles. The van der Waals surface area contributed by atoms with Crippen LogP contribution in [0.1, 0.15) is 19.4 Å². The maximum absolute atomic E-state index is 3.57. The van der Waals surface area contributed by atoms with E-state index >= 15 is 0 Å². The predicted molar refractivity (Wildman–Crippen MR) is 88.6 cm³/mol. The number of anilines is 2. The molecular weight excluding hydrogens is 249 g/mol. The van der Waals surface area contributed by atoms with Crippen molar-refractivity contribution < 1.29 is 0 Å². The fourth-order valence-corrected chi connectivity index (χ4v) is 3.10. The third-order valence-corrected chi connectivity index (χ3v) is 4.88. The van der Waals surface area contributed by atoms with Crippen LogP contribution in [0, 0.1) is 12.8 Å². The first-order chi connectivity index (χ1) is 9.16. The van der Waals surface area contributed by atoms with Crippen molar-refractivity contribution in [2.45, 2.75) is 20.8 Å². The number of hydrogen-bond donors (Lipinski definition) is 1. The van der Waals surface area contributed by atoms with Gasteiger partial charge in [-0.15, -0.1) is 0 Å². The van der Waals surface area contributed by atoms with Crippen molar-refractivity contribution in [3.05, 3.63) is 54.1 Å². The Labute approximate surface area is 118 Å². The van der Waals surface area contributed by atoms with Crippen LogP contribution in [0.4, 0.5) is 11.4 Å². The predicted octanol–water partition coefficient (Wildman–Crippen LogP) is 4.70. The van der Waals surface area contributed by atoms with Gasteiger partial charge in [0.1, 0.15) is 0 Å². The molecule has 0 aliphatic carbocycles. The van der Waals surface area contributed by atoms with Crippen LogP contribution >= 0.6 is 8.58 Å². The highest BCUT2D eigenvalue weighted by atomic mass is 31.1. The largest absolute Gasteiger partial charge is 0.355 e. The van der Waals surface area contributed by atoms with Crippen molar-refractivity contribution in [3.8, 4) is 0 Å². The van der Waals surface area contributed by atoms with Gasteiger partial charge in [-0.3, -0.25) is 0 Å². The Morgan fingerprint density at radius 1 is 0.947 bits per heavy atom. The lowest BCUT2D eigenvalue weighted by Crippen LogP contribution is -2.06. The third-order valence-electron chi connectivity index (χ3n) is 3.04. The van der Waals surface area contributed by atoms with E-state index in [2.05, 4.69) is 74.6 Å². The highest BCUT2D eigenvalue weighted by molar-refractivity contribution is 7.47. The smallest absolute Gasteiger partial charge is 0.0459 e. The van der Waals surface area contributed by atoms with Gasteiger partial charge in [-0.25, -0.2) is 0 Å². The fraction of sp³-hybridized carbons (Fsp3) is 0.294. The first kappa shape index (κ1) is 14.1. The van der Waals surface area contributed by atoms with Crippen LogP contribution in [0.2, 0.25) is 0 Å². The zero-order chi connectivity index (χ0) is 13.7. The summed E-state index contributed by atoms with van der Waals surface area (Å²) < 4.78 is 0. The molecule has 0 fully saturated rings. The Morgan fingerprint density at radius 2 is 1.58 bits per heavy atom. The molecule has 0 radical (unpaired) electrons. The van der Waals surface area contributed by atoms with Crippen LogP contribution in [0.3, 0.4) is 0 Å². The second-order valence-electron chi connectivity index (χ2n) is 5.26. The molecule has 2 aromatic carbocycles. The lowest BCUT2D eigenvalue weighted by molar-refractivity contribution is 0.749. The highest BCUT2D eigenvalue weighted by Crippen LogP contribution is 2.24. The van der Waals surface area contributed by atoms with E-state index in [0.717, 1.165) is 14.5 Å². The molecule has 1 atom stereocenters. The molecule has 0 aliphatic rings. The van der Waals surface area contributed by atoms with Crippen LogP contribution in [0.25, 0.3) is 0 Å². The summed E-state index contributed by atoms with van der Waals surface area (Å²) in [6, 6.07) is 17.1. The Hall–Kier alpha value is -1.33. The number of benzene rings is 2. The molecular formula is C17H22NP. The summed E-state index contributed by atoms with van der Waals surface area (Å²) in [5.74, 6) is 0.754. The second-order valence-corrected chi connectivity index (χ2v) is 6.56. The minimum Gasteiger partial charge on any atom is -0.355 e. The topological polar surface area (TPSA) is 12.0 Å². The first-order valence-corrected chi connectivity index (χ1v) is 8.03. The van der Waals surface area contributed by atoms with Gasteiger partial charge in [-0.2, -0.15) is 0 Å². The van der Waals surface area contributed by atoms with Crippen LogP contribution in [-0.2, 0) is 0 Å². The molecule has 0 spiro atoms. The molecule has 0 aliphatic heterocycles. The highest BCUT2D eigenvalue weighted by Gasteiger charge is 2.04. The number of hydrogen-bond acceptors (Lipinski definition) is 1. The third kappa shape index (κ3) is 4.08. The number of nitrogens with one attached hydrogen (secondary N) is 1. The standard InChI is InChI=1S/C17H22NP/c1-13(2)12-19-17-11-7-6-10-16(17)18-15-9-5-4-8-14(15)3/h4-11,13,18-19H,12H2,1-3H3. The van der Waals surface area contributed by atoms with Gasteiger partial charge in [0.2, 0.25) is 0 Å². The van der Waals surface area contributed by atoms with E-state index in [0.29, 0.717) is 0 Å². The Kier molecular flexibility index (Phi) is 4.99. The van der Waals surface area contributed by atoms with Gasteiger partial charge in [0.15, 0.2) is 0 Å². The summed E-state index contributed by atoms with van der Waals surface area (Å²) in [5, 5.41) is 5.00. The average molecular weight is 271 g/mol. The molecule has 1 unspecified atom stereocenters. The van der Waals surface area contributed by atoms with E-state index in [1.54, 1.807) is 0 Å². The summed E-state index contributed by atoms with van der Waals surface area (Å²) in [6.45, 7) is 6.70. The molecule has 0 heterocycles. The van der Waals surface area contributed by atoms with Gasteiger partial charge in [-0.05, 0) is 42.0 Å². The Morgan fingerprint density at radius 3 is 2.26 bits per heavy atom. The van der Waals surface area contributed by atoms with Gasteiger partial charge >= 0.3 is 0 Å². The first-order valence-electron chi connectivity index (χ1n) is 6.82. The molecule has 2 rings (SSSR count).